The molecule has 5 heteroatoms. The van der Waals surface area contributed by atoms with E-state index in [1.165, 1.54) is 0 Å². The van der Waals surface area contributed by atoms with Crippen molar-refractivity contribution in [3.05, 3.63) is 35.7 Å². The lowest BCUT2D eigenvalue weighted by atomic mass is 10.1. The van der Waals surface area contributed by atoms with Crippen LogP contribution in [0.3, 0.4) is 0 Å². The molecule has 1 amide bonds. The highest BCUT2D eigenvalue weighted by molar-refractivity contribution is 5.77. The van der Waals surface area contributed by atoms with Crippen LogP contribution >= 0.6 is 0 Å². The van der Waals surface area contributed by atoms with Gasteiger partial charge in [0.25, 0.3) is 0 Å². The number of rotatable bonds is 7. The van der Waals surface area contributed by atoms with Crippen LogP contribution in [0.1, 0.15) is 37.6 Å². The zero-order valence-corrected chi connectivity index (χ0v) is 12.6. The number of aryl methyl sites for hydroxylation is 1. The Morgan fingerprint density at radius 3 is 2.86 bits per heavy atom. The van der Waals surface area contributed by atoms with Gasteiger partial charge in [0.15, 0.2) is 0 Å². The van der Waals surface area contributed by atoms with Crippen LogP contribution in [0.15, 0.2) is 28.8 Å². The van der Waals surface area contributed by atoms with Gasteiger partial charge in [0.1, 0.15) is 6.42 Å². The third-order valence-electron chi connectivity index (χ3n) is 3.27. The van der Waals surface area contributed by atoms with E-state index in [-0.39, 0.29) is 12.3 Å². The first-order valence-corrected chi connectivity index (χ1v) is 7.36. The summed E-state index contributed by atoms with van der Waals surface area (Å²) in [6, 6.07) is 7.82. The molecule has 0 fully saturated rings. The van der Waals surface area contributed by atoms with Gasteiger partial charge in [-0.05, 0) is 18.9 Å². The maximum absolute atomic E-state index is 11.7. The number of hydrogen-bond acceptors (Lipinski definition) is 4. The molecule has 0 atom stereocenters. The summed E-state index contributed by atoms with van der Waals surface area (Å²) >= 11 is 0. The number of unbranched alkanes of at least 4 members (excludes halogenated alkanes) is 2. The van der Waals surface area contributed by atoms with Crippen molar-refractivity contribution in [3.63, 3.8) is 0 Å². The molecule has 2 aromatic rings. The van der Waals surface area contributed by atoms with E-state index in [1.807, 2.05) is 31.2 Å². The number of hydrogen-bond donors (Lipinski definition) is 1. The van der Waals surface area contributed by atoms with E-state index in [0.717, 1.165) is 30.4 Å². The van der Waals surface area contributed by atoms with Gasteiger partial charge in [-0.2, -0.15) is 4.98 Å². The topological polar surface area (TPSA) is 68.0 Å². The molecule has 0 bridgehead atoms. The van der Waals surface area contributed by atoms with Crippen LogP contribution in [0, 0.1) is 6.92 Å². The largest absolute Gasteiger partial charge is 0.356 e. The minimum absolute atomic E-state index is 0.0777. The molecule has 1 aromatic heterocycles. The van der Waals surface area contributed by atoms with Crippen molar-refractivity contribution in [2.45, 2.75) is 39.5 Å². The molecule has 5 nitrogen and oxygen atoms in total. The van der Waals surface area contributed by atoms with Gasteiger partial charge < -0.3 is 9.84 Å². The number of nitrogens with zero attached hydrogens (tertiary/aromatic N) is 2. The van der Waals surface area contributed by atoms with Crippen LogP contribution in [0.4, 0.5) is 0 Å². The average molecular weight is 287 g/mol. The van der Waals surface area contributed by atoms with Gasteiger partial charge in [-0.3, -0.25) is 4.79 Å². The highest BCUT2D eigenvalue weighted by atomic mass is 16.5. The maximum Gasteiger partial charge on any atom is 0.236 e. The van der Waals surface area contributed by atoms with Gasteiger partial charge in [0, 0.05) is 12.1 Å². The Hall–Kier alpha value is -2.17. The van der Waals surface area contributed by atoms with E-state index >= 15 is 0 Å². The van der Waals surface area contributed by atoms with Crippen molar-refractivity contribution in [1.29, 1.82) is 0 Å². The molecule has 0 spiro atoms. The lowest BCUT2D eigenvalue weighted by Gasteiger charge is -2.01. The van der Waals surface area contributed by atoms with Gasteiger partial charge in [-0.25, -0.2) is 0 Å². The monoisotopic (exact) mass is 287 g/mol. The van der Waals surface area contributed by atoms with Crippen LogP contribution in [0.2, 0.25) is 0 Å². The van der Waals surface area contributed by atoms with Gasteiger partial charge in [0.2, 0.25) is 17.6 Å². The van der Waals surface area contributed by atoms with Crippen LogP contribution in [-0.4, -0.2) is 22.6 Å². The Labute approximate surface area is 124 Å². The quantitative estimate of drug-likeness (QED) is 0.795. The molecule has 0 saturated heterocycles. The van der Waals surface area contributed by atoms with Crippen molar-refractivity contribution >= 4 is 5.91 Å². The van der Waals surface area contributed by atoms with Gasteiger partial charge in [-0.1, -0.05) is 49.2 Å². The molecule has 1 aromatic carbocycles. The summed E-state index contributed by atoms with van der Waals surface area (Å²) in [4.78, 5) is 16.0. The third kappa shape index (κ3) is 4.41. The SMILES string of the molecule is CCCCCNC(=O)Cc1nc(-c2ccccc2C)no1. The van der Waals surface area contributed by atoms with Crippen molar-refractivity contribution in [2.24, 2.45) is 0 Å². The molecule has 0 saturated carbocycles. The van der Waals surface area contributed by atoms with Crippen LogP contribution in [0.5, 0.6) is 0 Å². The second-order valence-corrected chi connectivity index (χ2v) is 5.06. The Bertz CT molecular complexity index is 593. The Balaban J connectivity index is 1.91. The van der Waals surface area contributed by atoms with E-state index < -0.39 is 0 Å². The summed E-state index contributed by atoms with van der Waals surface area (Å²) in [5, 5.41) is 6.80. The highest BCUT2D eigenvalue weighted by Crippen LogP contribution is 2.19. The van der Waals surface area contributed by atoms with Crippen LogP contribution in [-0.2, 0) is 11.2 Å². The summed E-state index contributed by atoms with van der Waals surface area (Å²) in [5.74, 6) is 0.800. The number of nitrogens with one attached hydrogen (secondary N) is 1. The first kappa shape index (κ1) is 15.2. The number of aromatic nitrogens is 2. The lowest BCUT2D eigenvalue weighted by Crippen LogP contribution is -2.26. The molecular weight excluding hydrogens is 266 g/mol. The molecule has 112 valence electrons. The summed E-state index contributed by atoms with van der Waals surface area (Å²) in [6.07, 6.45) is 3.39. The van der Waals surface area contributed by atoms with Crippen LogP contribution < -0.4 is 5.32 Å². The Morgan fingerprint density at radius 2 is 2.10 bits per heavy atom. The standard InChI is InChI=1S/C16H21N3O2/c1-3-4-7-10-17-14(20)11-15-18-16(19-21-15)13-9-6-5-8-12(13)2/h5-6,8-9H,3-4,7,10-11H2,1-2H3,(H,17,20). The smallest absolute Gasteiger partial charge is 0.236 e. The van der Waals surface area contributed by atoms with Gasteiger partial charge in [-0.15, -0.1) is 0 Å². The normalized spacial score (nSPS) is 10.6. The zero-order valence-electron chi connectivity index (χ0n) is 12.6. The molecule has 0 radical (unpaired) electrons. The van der Waals surface area contributed by atoms with E-state index in [0.29, 0.717) is 18.3 Å². The van der Waals surface area contributed by atoms with Gasteiger partial charge >= 0.3 is 0 Å². The summed E-state index contributed by atoms with van der Waals surface area (Å²) in [6.45, 7) is 4.82. The van der Waals surface area contributed by atoms with Crippen LogP contribution in [0.25, 0.3) is 11.4 Å². The number of carbonyl (C=O) groups excluding carboxylic acids is 1. The minimum atomic E-state index is -0.0777. The molecule has 1 heterocycles. The maximum atomic E-state index is 11.7. The van der Waals surface area contributed by atoms with E-state index in [2.05, 4.69) is 22.4 Å². The second-order valence-electron chi connectivity index (χ2n) is 5.06. The second kappa shape index (κ2) is 7.57. The highest BCUT2D eigenvalue weighted by Gasteiger charge is 2.13. The predicted octanol–water partition coefficient (Wildman–Crippen LogP) is 2.89. The molecule has 0 aliphatic carbocycles. The summed E-state index contributed by atoms with van der Waals surface area (Å²) < 4.78 is 5.15. The predicted molar refractivity (Wildman–Crippen MR) is 80.7 cm³/mol. The van der Waals surface area contributed by atoms with E-state index in [1.54, 1.807) is 0 Å². The fraction of sp³-hybridized carbons (Fsp3) is 0.438. The number of amides is 1. The first-order chi connectivity index (χ1) is 10.2. The first-order valence-electron chi connectivity index (χ1n) is 7.36. The molecule has 21 heavy (non-hydrogen) atoms. The number of benzene rings is 1. The molecule has 0 aliphatic heterocycles. The molecule has 0 unspecified atom stereocenters. The van der Waals surface area contributed by atoms with Gasteiger partial charge in [0.05, 0.1) is 0 Å². The fourth-order valence-electron chi connectivity index (χ4n) is 2.06. The van der Waals surface area contributed by atoms with Crippen molar-refractivity contribution in [1.82, 2.24) is 15.5 Å². The van der Waals surface area contributed by atoms with Crippen molar-refractivity contribution in [3.8, 4) is 11.4 Å². The zero-order chi connectivity index (χ0) is 15.1. The average Bonchev–Trinajstić information content (AvgIpc) is 2.92. The van der Waals surface area contributed by atoms with E-state index in [4.69, 9.17) is 4.52 Å². The van der Waals surface area contributed by atoms with Crippen molar-refractivity contribution < 1.29 is 9.32 Å². The molecule has 1 N–H and O–H groups in total. The summed E-state index contributed by atoms with van der Waals surface area (Å²) in [7, 11) is 0. The molecule has 2 rings (SSSR count). The molecule has 0 aliphatic rings. The summed E-state index contributed by atoms with van der Waals surface area (Å²) in [5.41, 5.74) is 2.00. The van der Waals surface area contributed by atoms with Crippen molar-refractivity contribution in [2.75, 3.05) is 6.54 Å². The fourth-order valence-corrected chi connectivity index (χ4v) is 2.06. The molecular formula is C16H21N3O2. The minimum Gasteiger partial charge on any atom is -0.356 e. The lowest BCUT2D eigenvalue weighted by molar-refractivity contribution is -0.120. The van der Waals surface area contributed by atoms with E-state index in [9.17, 15) is 4.79 Å². The Morgan fingerprint density at radius 1 is 1.29 bits per heavy atom. The third-order valence-corrected chi connectivity index (χ3v) is 3.27. The number of carbonyl (C=O) groups is 1. The Kier molecular flexibility index (Phi) is 5.49.